The van der Waals surface area contributed by atoms with Gasteiger partial charge in [-0.2, -0.15) is 5.10 Å². The Balaban J connectivity index is 0.00000205. The summed E-state index contributed by atoms with van der Waals surface area (Å²) in [5.74, 6) is -0.426. The summed E-state index contributed by atoms with van der Waals surface area (Å²) in [6, 6.07) is 6.64. The highest BCUT2D eigenvalue weighted by Crippen LogP contribution is 2.47. The number of rotatable bonds is 9. The van der Waals surface area contributed by atoms with E-state index in [-0.39, 0.29) is 66.5 Å². The molecule has 2 fully saturated rings. The maximum absolute atomic E-state index is 14.3. The second-order valence-electron chi connectivity index (χ2n) is 12.3. The van der Waals surface area contributed by atoms with E-state index in [1.54, 1.807) is 12.1 Å². The Bertz CT molecular complexity index is 1190. The zero-order chi connectivity index (χ0) is 27.9. The SMILES string of the molecule is CCc1nn(CC)c2c1COC21CCN(C[C@H]2C[C@H](N(C)[C@@H](C(=O)O)C(C)C)C[C@@H]2c2cccc(F)c2)CC1.Cl.Cl.Cl. The second kappa shape index (κ2) is 15.0. The van der Waals surface area contributed by atoms with Crippen LogP contribution in [0.2, 0.25) is 0 Å². The molecule has 0 unspecified atom stereocenters. The van der Waals surface area contributed by atoms with Gasteiger partial charge in [0.25, 0.3) is 0 Å². The van der Waals surface area contributed by atoms with Crippen molar-refractivity contribution in [2.24, 2.45) is 11.8 Å². The summed E-state index contributed by atoms with van der Waals surface area (Å²) in [6.45, 7) is 12.6. The molecule has 1 aromatic heterocycles. The minimum Gasteiger partial charge on any atom is -0.480 e. The predicted molar refractivity (Wildman–Crippen MR) is 171 cm³/mol. The van der Waals surface area contributed by atoms with Gasteiger partial charge in [0.2, 0.25) is 0 Å². The number of fused-ring (bicyclic) bond motifs is 2. The van der Waals surface area contributed by atoms with Crippen LogP contribution in [0.25, 0.3) is 0 Å². The summed E-state index contributed by atoms with van der Waals surface area (Å²) in [5, 5.41) is 14.8. The van der Waals surface area contributed by atoms with E-state index in [4.69, 9.17) is 9.84 Å². The number of aromatic nitrogens is 2. The summed E-state index contributed by atoms with van der Waals surface area (Å²) < 4.78 is 23.0. The number of hydrogen-bond donors (Lipinski definition) is 1. The molecule has 0 bridgehead atoms. The lowest BCUT2D eigenvalue weighted by atomic mass is 9.85. The van der Waals surface area contributed by atoms with Crippen LogP contribution >= 0.6 is 37.2 Å². The Hall–Kier alpha value is -1.42. The molecule has 3 heterocycles. The van der Waals surface area contributed by atoms with Gasteiger partial charge >= 0.3 is 5.97 Å². The van der Waals surface area contributed by atoms with Crippen molar-refractivity contribution in [3.63, 3.8) is 0 Å². The average molecular weight is 650 g/mol. The zero-order valence-electron chi connectivity index (χ0n) is 25.4. The molecule has 4 atom stereocenters. The van der Waals surface area contributed by atoms with Crippen molar-refractivity contribution in [2.75, 3.05) is 26.7 Å². The van der Waals surface area contributed by atoms with Crippen LogP contribution in [-0.4, -0.2) is 69.4 Å². The smallest absolute Gasteiger partial charge is 0.321 e. The molecule has 0 amide bonds. The van der Waals surface area contributed by atoms with Gasteiger partial charge in [0.15, 0.2) is 0 Å². The lowest BCUT2D eigenvalue weighted by Gasteiger charge is -2.40. The summed E-state index contributed by atoms with van der Waals surface area (Å²) in [5.41, 5.74) is 4.57. The number of halogens is 4. The van der Waals surface area contributed by atoms with Crippen molar-refractivity contribution in [3.8, 4) is 0 Å². The van der Waals surface area contributed by atoms with E-state index in [1.807, 2.05) is 27.0 Å². The van der Waals surface area contributed by atoms with Gasteiger partial charge in [0.05, 0.1) is 18.0 Å². The van der Waals surface area contributed by atoms with Crippen molar-refractivity contribution < 1.29 is 19.0 Å². The number of piperidine rings is 1. The Labute approximate surface area is 268 Å². The molecule has 7 nitrogen and oxygen atoms in total. The van der Waals surface area contributed by atoms with Gasteiger partial charge in [0, 0.05) is 37.8 Å². The number of hydrogen-bond acceptors (Lipinski definition) is 5. The minimum absolute atomic E-state index is 0. The number of ether oxygens (including phenoxy) is 1. The van der Waals surface area contributed by atoms with Crippen LogP contribution in [-0.2, 0) is 34.7 Å². The number of carboxylic acid groups (broad SMARTS) is 1. The molecular formula is C31H48Cl3FN4O3. The molecule has 2 aliphatic heterocycles. The second-order valence-corrected chi connectivity index (χ2v) is 12.3. The summed E-state index contributed by atoms with van der Waals surface area (Å²) in [4.78, 5) is 16.7. The largest absolute Gasteiger partial charge is 0.480 e. The van der Waals surface area contributed by atoms with Gasteiger partial charge in [-0.1, -0.05) is 32.9 Å². The van der Waals surface area contributed by atoms with Crippen molar-refractivity contribution in [1.29, 1.82) is 0 Å². The third-order valence-electron chi connectivity index (χ3n) is 9.69. The molecule has 1 N–H and O–H groups in total. The molecule has 1 aliphatic carbocycles. The number of aryl methyl sites for hydroxylation is 2. The summed E-state index contributed by atoms with van der Waals surface area (Å²) in [6.07, 6.45) is 4.59. The fraction of sp³-hybridized carbons (Fsp3) is 0.677. The molecule has 1 saturated carbocycles. The van der Waals surface area contributed by atoms with Crippen molar-refractivity contribution in [1.82, 2.24) is 19.6 Å². The topological polar surface area (TPSA) is 70.8 Å². The highest BCUT2D eigenvalue weighted by atomic mass is 35.5. The molecule has 0 radical (unpaired) electrons. The van der Waals surface area contributed by atoms with E-state index in [9.17, 15) is 14.3 Å². The van der Waals surface area contributed by atoms with Crippen LogP contribution in [0.1, 0.15) is 81.8 Å². The zero-order valence-corrected chi connectivity index (χ0v) is 27.9. The van der Waals surface area contributed by atoms with E-state index in [1.165, 1.54) is 23.0 Å². The van der Waals surface area contributed by atoms with Crippen LogP contribution in [0.3, 0.4) is 0 Å². The van der Waals surface area contributed by atoms with Crippen LogP contribution in [0, 0.1) is 17.7 Å². The predicted octanol–water partition coefficient (Wildman–Crippen LogP) is 6.29. The van der Waals surface area contributed by atoms with Crippen molar-refractivity contribution in [2.45, 2.75) is 96.6 Å². The maximum Gasteiger partial charge on any atom is 0.321 e. The van der Waals surface area contributed by atoms with E-state index < -0.39 is 12.0 Å². The first-order chi connectivity index (χ1) is 18.7. The van der Waals surface area contributed by atoms with Gasteiger partial charge in [-0.15, -0.1) is 37.2 Å². The first kappa shape index (κ1) is 36.8. The molecular weight excluding hydrogens is 602 g/mol. The average Bonchev–Trinajstić information content (AvgIpc) is 3.59. The molecule has 42 heavy (non-hydrogen) atoms. The Kier molecular flexibility index (Phi) is 13.2. The monoisotopic (exact) mass is 648 g/mol. The third kappa shape index (κ3) is 6.94. The number of aliphatic carboxylic acids is 1. The van der Waals surface area contributed by atoms with Crippen molar-refractivity contribution >= 4 is 43.2 Å². The number of likely N-dealkylation sites (N-methyl/N-ethyl adjacent to an activating group) is 1. The number of carboxylic acids is 1. The minimum atomic E-state index is -0.770. The van der Waals surface area contributed by atoms with Gasteiger partial charge in [-0.25, -0.2) is 4.39 Å². The van der Waals surface area contributed by atoms with Crippen LogP contribution in [0.5, 0.6) is 0 Å². The van der Waals surface area contributed by atoms with Gasteiger partial charge in [-0.05, 0) is 81.5 Å². The lowest BCUT2D eigenvalue weighted by Crippen LogP contribution is -2.47. The standard InChI is InChI=1S/C31H45FN4O3.3ClH/c1-6-27-26-19-39-31(29(26)36(7-2)33-27)11-13-35(14-12-31)18-22-16-24(34(5)28(20(3)4)30(37)38)17-25(22)21-9-8-10-23(32)15-21;;;/h8-10,15,20,22,24-25,28H,6-7,11-14,16-19H2,1-5H3,(H,37,38);3*1H/t22-,24+,25-,28-;;;/m1.../s1. The van der Waals surface area contributed by atoms with Gasteiger partial charge in [-0.3, -0.25) is 14.4 Å². The molecule has 5 rings (SSSR count). The van der Waals surface area contributed by atoms with Crippen molar-refractivity contribution in [3.05, 3.63) is 52.6 Å². The quantitative estimate of drug-likeness (QED) is 0.344. The maximum atomic E-state index is 14.3. The van der Waals surface area contributed by atoms with Gasteiger partial charge < -0.3 is 14.7 Å². The van der Waals surface area contributed by atoms with Crippen LogP contribution in [0.4, 0.5) is 4.39 Å². The fourth-order valence-electron chi connectivity index (χ4n) is 7.74. The highest BCUT2D eigenvalue weighted by molar-refractivity contribution is 5.86. The van der Waals surface area contributed by atoms with Gasteiger partial charge in [0.1, 0.15) is 17.5 Å². The fourth-order valence-corrected chi connectivity index (χ4v) is 7.74. The summed E-state index contributed by atoms with van der Waals surface area (Å²) >= 11 is 0. The number of benzene rings is 1. The lowest BCUT2D eigenvalue weighted by molar-refractivity contribution is -0.145. The molecule has 238 valence electrons. The third-order valence-corrected chi connectivity index (χ3v) is 9.69. The molecule has 1 spiro atoms. The number of likely N-dealkylation sites (tertiary alicyclic amines) is 1. The summed E-state index contributed by atoms with van der Waals surface area (Å²) in [7, 11) is 1.95. The molecule has 2 aromatic rings. The Morgan fingerprint density at radius 1 is 1.19 bits per heavy atom. The van der Waals surface area contributed by atoms with E-state index >= 15 is 0 Å². The molecule has 1 saturated heterocycles. The van der Waals surface area contributed by atoms with E-state index in [0.717, 1.165) is 63.8 Å². The normalized spacial score (nSPS) is 23.8. The van der Waals surface area contributed by atoms with Crippen LogP contribution in [0.15, 0.2) is 24.3 Å². The first-order valence-electron chi connectivity index (χ1n) is 14.8. The van der Waals surface area contributed by atoms with E-state index in [0.29, 0.717) is 12.5 Å². The number of carbonyl (C=O) groups is 1. The van der Waals surface area contributed by atoms with E-state index in [2.05, 4.69) is 28.3 Å². The Morgan fingerprint density at radius 2 is 1.88 bits per heavy atom. The Morgan fingerprint density at radius 3 is 2.45 bits per heavy atom. The molecule has 1 aromatic carbocycles. The molecule has 11 heteroatoms. The van der Waals surface area contributed by atoms with Crippen LogP contribution < -0.4 is 0 Å². The molecule has 3 aliphatic rings. The first-order valence-corrected chi connectivity index (χ1v) is 14.8. The highest BCUT2D eigenvalue weighted by Gasteiger charge is 2.48. The number of nitrogens with zero attached hydrogens (tertiary/aromatic N) is 4.